The summed E-state index contributed by atoms with van der Waals surface area (Å²) in [5.74, 6) is -0.215. The molecular formula is C19H25IN2O2. The molecule has 4 nitrogen and oxygen atoms in total. The van der Waals surface area contributed by atoms with E-state index in [1.807, 2.05) is 58.2 Å². The van der Waals surface area contributed by atoms with Crippen LogP contribution in [-0.2, 0) is 16.0 Å². The van der Waals surface area contributed by atoms with Gasteiger partial charge in [0, 0.05) is 33.6 Å². The number of hydrogen-bond donors (Lipinski definition) is 2. The van der Waals surface area contributed by atoms with E-state index in [0.717, 1.165) is 16.5 Å². The Kier molecular flexibility index (Phi) is 6.46. The predicted molar refractivity (Wildman–Crippen MR) is 107 cm³/mol. The summed E-state index contributed by atoms with van der Waals surface area (Å²) in [5, 5.41) is 4.48. The number of hydrogen-bond acceptors (Lipinski definition) is 3. The molecule has 0 amide bonds. The number of aromatic nitrogens is 1. The molecule has 5 heteroatoms. The summed E-state index contributed by atoms with van der Waals surface area (Å²) in [7, 11) is 0. The number of fused-ring (bicyclic) bond motifs is 1. The predicted octanol–water partition coefficient (Wildman–Crippen LogP) is 4.35. The van der Waals surface area contributed by atoms with Crippen LogP contribution in [0.1, 0.15) is 33.3 Å². The van der Waals surface area contributed by atoms with Gasteiger partial charge in [-0.15, -0.1) is 0 Å². The van der Waals surface area contributed by atoms with E-state index < -0.39 is 5.60 Å². The number of benzene rings is 1. The van der Waals surface area contributed by atoms with Gasteiger partial charge in [0.05, 0.1) is 0 Å². The number of rotatable bonds is 6. The first-order valence-corrected chi connectivity index (χ1v) is 9.20. The smallest absolute Gasteiger partial charge is 0.324 e. The number of esters is 1. The van der Waals surface area contributed by atoms with Crippen LogP contribution in [0.5, 0.6) is 0 Å². The van der Waals surface area contributed by atoms with Crippen molar-refractivity contribution in [3.8, 4) is 0 Å². The zero-order valence-corrected chi connectivity index (χ0v) is 16.8. The molecule has 0 saturated heterocycles. The van der Waals surface area contributed by atoms with Crippen molar-refractivity contribution < 1.29 is 9.53 Å². The number of allylic oxidation sites excluding steroid dienone is 1. The fourth-order valence-corrected chi connectivity index (χ4v) is 2.68. The minimum Gasteiger partial charge on any atom is -0.459 e. The fraction of sp³-hybridized carbons (Fsp3) is 0.421. The molecule has 1 atom stereocenters. The Balaban J connectivity index is 2.19. The lowest BCUT2D eigenvalue weighted by Gasteiger charge is -2.24. The minimum absolute atomic E-state index is 0.215. The second-order valence-corrected chi connectivity index (χ2v) is 8.15. The molecule has 1 heterocycles. The molecule has 0 aliphatic carbocycles. The van der Waals surface area contributed by atoms with Gasteiger partial charge < -0.3 is 9.72 Å². The third kappa shape index (κ3) is 5.34. The van der Waals surface area contributed by atoms with Crippen molar-refractivity contribution in [2.24, 2.45) is 0 Å². The van der Waals surface area contributed by atoms with Crippen molar-refractivity contribution in [3.63, 3.8) is 0 Å². The molecule has 130 valence electrons. The van der Waals surface area contributed by atoms with Crippen molar-refractivity contribution in [1.82, 2.24) is 10.3 Å². The summed E-state index contributed by atoms with van der Waals surface area (Å²) in [6.07, 6.45) is 4.60. The summed E-state index contributed by atoms with van der Waals surface area (Å²) < 4.78 is 6.76. The van der Waals surface area contributed by atoms with E-state index in [1.165, 1.54) is 3.58 Å². The van der Waals surface area contributed by atoms with Crippen LogP contribution in [0.25, 0.3) is 10.9 Å². The Labute approximate surface area is 157 Å². The van der Waals surface area contributed by atoms with Gasteiger partial charge in [0.25, 0.3) is 0 Å². The molecule has 1 aromatic carbocycles. The Morgan fingerprint density at radius 2 is 2.08 bits per heavy atom. The number of ether oxygens (including phenoxy) is 1. The van der Waals surface area contributed by atoms with E-state index in [1.54, 1.807) is 0 Å². The van der Waals surface area contributed by atoms with Crippen LogP contribution in [0.15, 0.2) is 40.1 Å². The third-order valence-electron chi connectivity index (χ3n) is 3.62. The first-order valence-electron chi connectivity index (χ1n) is 8.12. The maximum atomic E-state index is 12.6. The molecule has 0 aliphatic rings. The van der Waals surface area contributed by atoms with Crippen molar-refractivity contribution in [1.29, 1.82) is 0 Å². The van der Waals surface area contributed by atoms with Crippen molar-refractivity contribution in [2.45, 2.75) is 45.8 Å². The van der Waals surface area contributed by atoms with E-state index in [9.17, 15) is 4.79 Å². The van der Waals surface area contributed by atoms with Gasteiger partial charge in [-0.25, -0.2) is 0 Å². The topological polar surface area (TPSA) is 54.1 Å². The molecule has 0 radical (unpaired) electrons. The van der Waals surface area contributed by atoms with Crippen LogP contribution in [-0.4, -0.2) is 29.1 Å². The first-order chi connectivity index (χ1) is 11.3. The van der Waals surface area contributed by atoms with Gasteiger partial charge in [-0.2, -0.15) is 0 Å². The minimum atomic E-state index is -0.495. The van der Waals surface area contributed by atoms with Crippen LogP contribution in [0.3, 0.4) is 0 Å². The second kappa shape index (κ2) is 8.16. The average Bonchev–Trinajstić information content (AvgIpc) is 2.92. The Bertz CT molecular complexity index is 728. The lowest BCUT2D eigenvalue weighted by Crippen LogP contribution is -2.43. The molecule has 24 heavy (non-hydrogen) atoms. The SMILES string of the molecule is C/C=C(\I)CNC(Cc1c[nH]c2ccccc12)C(=O)OC(C)(C)C. The van der Waals surface area contributed by atoms with Crippen LogP contribution < -0.4 is 5.32 Å². The Morgan fingerprint density at radius 3 is 2.75 bits per heavy atom. The second-order valence-electron chi connectivity index (χ2n) is 6.77. The van der Waals surface area contributed by atoms with Crippen LogP contribution >= 0.6 is 22.6 Å². The largest absolute Gasteiger partial charge is 0.459 e. The number of H-pyrrole nitrogens is 1. The highest BCUT2D eigenvalue weighted by Crippen LogP contribution is 2.20. The average molecular weight is 440 g/mol. The van der Waals surface area contributed by atoms with Gasteiger partial charge in [0.2, 0.25) is 0 Å². The molecular weight excluding hydrogens is 415 g/mol. The molecule has 1 unspecified atom stereocenters. The van der Waals surface area contributed by atoms with Crippen LogP contribution in [0.4, 0.5) is 0 Å². The molecule has 0 aliphatic heterocycles. The standard InChI is InChI=1S/C19H25IN2O2/c1-5-14(20)12-22-17(18(23)24-19(2,3)4)10-13-11-21-16-9-7-6-8-15(13)16/h5-9,11,17,21-22H,10,12H2,1-4H3/b14-5-. The normalized spacial score (nSPS) is 14.0. The van der Waals surface area contributed by atoms with Gasteiger partial charge >= 0.3 is 5.97 Å². The zero-order chi connectivity index (χ0) is 17.7. The summed E-state index contributed by atoms with van der Waals surface area (Å²) >= 11 is 2.27. The van der Waals surface area contributed by atoms with Gasteiger partial charge in [0.15, 0.2) is 0 Å². The maximum absolute atomic E-state index is 12.6. The van der Waals surface area contributed by atoms with Gasteiger partial charge in [-0.05, 0) is 61.9 Å². The highest BCUT2D eigenvalue weighted by Gasteiger charge is 2.26. The van der Waals surface area contributed by atoms with Gasteiger partial charge in [-0.1, -0.05) is 24.3 Å². The van der Waals surface area contributed by atoms with Gasteiger partial charge in [0.1, 0.15) is 11.6 Å². The lowest BCUT2D eigenvalue weighted by molar-refractivity contribution is -0.157. The maximum Gasteiger partial charge on any atom is 0.324 e. The summed E-state index contributed by atoms with van der Waals surface area (Å²) in [6.45, 7) is 8.32. The molecule has 2 rings (SSSR count). The number of halogens is 1. The molecule has 0 bridgehead atoms. The lowest BCUT2D eigenvalue weighted by atomic mass is 10.0. The molecule has 2 aromatic rings. The van der Waals surface area contributed by atoms with E-state index >= 15 is 0 Å². The quantitative estimate of drug-likeness (QED) is 0.519. The molecule has 0 fully saturated rings. The monoisotopic (exact) mass is 440 g/mol. The van der Waals surface area contributed by atoms with E-state index in [2.05, 4.69) is 39.0 Å². The summed E-state index contributed by atoms with van der Waals surface area (Å²) in [6, 6.07) is 7.74. The fourth-order valence-electron chi connectivity index (χ4n) is 2.45. The Hall–Kier alpha value is -1.34. The van der Waals surface area contributed by atoms with E-state index in [4.69, 9.17) is 4.74 Å². The zero-order valence-electron chi connectivity index (χ0n) is 14.7. The number of nitrogens with one attached hydrogen (secondary N) is 2. The summed E-state index contributed by atoms with van der Waals surface area (Å²) in [5.41, 5.74) is 1.70. The van der Waals surface area contributed by atoms with Crippen LogP contribution in [0.2, 0.25) is 0 Å². The molecule has 2 N–H and O–H groups in total. The Morgan fingerprint density at radius 1 is 1.38 bits per heavy atom. The van der Waals surface area contributed by atoms with E-state index in [0.29, 0.717) is 13.0 Å². The van der Waals surface area contributed by atoms with Crippen molar-refractivity contribution in [3.05, 3.63) is 45.7 Å². The number of para-hydroxylation sites is 1. The molecule has 0 spiro atoms. The number of aromatic amines is 1. The molecule has 1 aromatic heterocycles. The summed E-state index contributed by atoms with van der Waals surface area (Å²) in [4.78, 5) is 15.9. The first kappa shape index (κ1) is 19.0. The third-order valence-corrected chi connectivity index (χ3v) is 4.63. The highest BCUT2D eigenvalue weighted by atomic mass is 127. The molecule has 0 saturated carbocycles. The van der Waals surface area contributed by atoms with Crippen molar-refractivity contribution >= 4 is 39.5 Å². The highest BCUT2D eigenvalue weighted by molar-refractivity contribution is 14.1. The van der Waals surface area contributed by atoms with E-state index in [-0.39, 0.29) is 12.0 Å². The van der Waals surface area contributed by atoms with Gasteiger partial charge in [-0.3, -0.25) is 10.1 Å². The number of carbonyl (C=O) groups is 1. The van der Waals surface area contributed by atoms with Crippen LogP contribution in [0, 0.1) is 0 Å². The number of carbonyl (C=O) groups excluding carboxylic acids is 1. The van der Waals surface area contributed by atoms with Crippen molar-refractivity contribution in [2.75, 3.05) is 6.54 Å².